The number of pyridine rings is 1. The van der Waals surface area contributed by atoms with Gasteiger partial charge in [0.2, 0.25) is 5.88 Å². The molecule has 0 saturated heterocycles. The molecule has 0 aliphatic heterocycles. The van der Waals surface area contributed by atoms with Crippen LogP contribution >= 0.6 is 12.6 Å². The molecule has 0 amide bonds. The van der Waals surface area contributed by atoms with E-state index in [1.165, 1.54) is 0 Å². The van der Waals surface area contributed by atoms with Gasteiger partial charge in [0, 0.05) is 13.2 Å². The number of methoxy groups -OCH3 is 1. The van der Waals surface area contributed by atoms with Crippen LogP contribution in [0.3, 0.4) is 0 Å². The molecule has 0 fully saturated rings. The maximum Gasteiger partial charge on any atom is 0.237 e. The van der Waals surface area contributed by atoms with Crippen molar-refractivity contribution in [2.24, 2.45) is 0 Å². The Balaban J connectivity index is 0. The number of anilines is 1. The highest BCUT2D eigenvalue weighted by Gasteiger charge is 1.97. The first-order valence-corrected chi connectivity index (χ1v) is 5.39. The van der Waals surface area contributed by atoms with Crippen LogP contribution in [0, 0.1) is 0 Å². The van der Waals surface area contributed by atoms with Gasteiger partial charge in [0.15, 0.2) is 0 Å². The van der Waals surface area contributed by atoms with Gasteiger partial charge in [-0.05, 0) is 18.4 Å². The van der Waals surface area contributed by atoms with Crippen molar-refractivity contribution in [2.75, 3.05) is 25.7 Å². The molecule has 0 aliphatic carbocycles. The van der Waals surface area contributed by atoms with E-state index in [2.05, 4.69) is 22.9 Å². The SMILES string of the molecule is CC.CNc1cccnc1OC.CS. The van der Waals surface area contributed by atoms with Crippen LogP contribution in [0.25, 0.3) is 0 Å². The first kappa shape index (κ1) is 15.6. The highest BCUT2D eigenvalue weighted by molar-refractivity contribution is 7.79. The summed E-state index contributed by atoms with van der Waals surface area (Å²) in [5.41, 5.74) is 0.907. The third kappa shape index (κ3) is 5.70. The lowest BCUT2D eigenvalue weighted by molar-refractivity contribution is 0.400. The van der Waals surface area contributed by atoms with Gasteiger partial charge >= 0.3 is 0 Å². The number of nitrogens with one attached hydrogen (secondary N) is 1. The summed E-state index contributed by atoms with van der Waals surface area (Å²) in [6.07, 6.45) is 3.39. The van der Waals surface area contributed by atoms with Crippen molar-refractivity contribution in [1.29, 1.82) is 0 Å². The fourth-order valence-corrected chi connectivity index (χ4v) is 0.744. The zero-order valence-corrected chi connectivity index (χ0v) is 10.4. The molecule has 1 rings (SSSR count). The fraction of sp³-hybridized carbons (Fsp3) is 0.500. The Labute approximate surface area is 92.3 Å². The highest BCUT2D eigenvalue weighted by atomic mass is 32.1. The van der Waals surface area contributed by atoms with Crippen molar-refractivity contribution in [3.8, 4) is 5.88 Å². The minimum absolute atomic E-state index is 0.630. The van der Waals surface area contributed by atoms with Crippen LogP contribution in [0.2, 0.25) is 0 Å². The molecule has 1 N–H and O–H groups in total. The van der Waals surface area contributed by atoms with E-state index in [0.29, 0.717) is 5.88 Å². The number of hydrogen-bond donors (Lipinski definition) is 2. The molecule has 0 aliphatic rings. The molecule has 4 heteroatoms. The summed E-state index contributed by atoms with van der Waals surface area (Å²) in [7, 11) is 3.43. The van der Waals surface area contributed by atoms with Gasteiger partial charge in [-0.1, -0.05) is 13.8 Å². The summed E-state index contributed by atoms with van der Waals surface area (Å²) in [6, 6.07) is 3.76. The Morgan fingerprint density at radius 1 is 1.36 bits per heavy atom. The first-order chi connectivity index (χ1) is 6.88. The summed E-state index contributed by atoms with van der Waals surface area (Å²) in [5, 5.41) is 2.96. The Bertz CT molecular complexity index is 196. The molecule has 0 atom stereocenters. The van der Waals surface area contributed by atoms with Crippen molar-refractivity contribution in [1.82, 2.24) is 4.98 Å². The van der Waals surface area contributed by atoms with Gasteiger partial charge in [-0.3, -0.25) is 0 Å². The van der Waals surface area contributed by atoms with Gasteiger partial charge in [-0.15, -0.1) is 0 Å². The molecule has 82 valence electrons. The normalized spacial score (nSPS) is 7.29. The van der Waals surface area contributed by atoms with E-state index in [-0.39, 0.29) is 0 Å². The minimum atomic E-state index is 0.630. The van der Waals surface area contributed by atoms with Crippen molar-refractivity contribution >= 4 is 18.3 Å². The van der Waals surface area contributed by atoms with Gasteiger partial charge in [0.1, 0.15) is 0 Å². The summed E-state index contributed by atoms with van der Waals surface area (Å²) >= 11 is 3.53. The summed E-state index contributed by atoms with van der Waals surface area (Å²) in [4.78, 5) is 3.98. The second-order valence-corrected chi connectivity index (χ2v) is 1.81. The summed E-state index contributed by atoms with van der Waals surface area (Å²) in [6.45, 7) is 4.00. The predicted octanol–water partition coefficient (Wildman–Crippen LogP) is 2.70. The van der Waals surface area contributed by atoms with Gasteiger partial charge < -0.3 is 10.1 Å². The Morgan fingerprint density at radius 2 is 1.93 bits per heavy atom. The number of nitrogens with zero attached hydrogens (tertiary/aromatic N) is 1. The van der Waals surface area contributed by atoms with Crippen LogP contribution in [-0.2, 0) is 0 Å². The smallest absolute Gasteiger partial charge is 0.237 e. The third-order valence-corrected chi connectivity index (χ3v) is 1.23. The van der Waals surface area contributed by atoms with E-state index in [0.717, 1.165) is 5.69 Å². The number of hydrogen-bond acceptors (Lipinski definition) is 4. The molecule has 0 bridgehead atoms. The molecular formula is C10H20N2OS. The molecule has 0 saturated carbocycles. The molecular weight excluding hydrogens is 196 g/mol. The molecule has 1 heterocycles. The standard InChI is InChI=1S/C7H10N2O.C2H6.CH4S/c1-8-6-4-3-5-9-7(6)10-2;2*1-2/h3-5,8H,1-2H3;1-2H3;2H,1H3. The van der Waals surface area contributed by atoms with E-state index in [1.807, 2.05) is 33.0 Å². The van der Waals surface area contributed by atoms with Gasteiger partial charge in [-0.25, -0.2) is 4.98 Å². The lowest BCUT2D eigenvalue weighted by Gasteiger charge is -2.03. The minimum Gasteiger partial charge on any atom is -0.480 e. The Morgan fingerprint density at radius 3 is 2.29 bits per heavy atom. The lowest BCUT2D eigenvalue weighted by Crippen LogP contribution is -1.94. The van der Waals surface area contributed by atoms with Gasteiger partial charge in [0.05, 0.1) is 12.8 Å². The number of thiol groups is 1. The van der Waals surface area contributed by atoms with E-state index in [1.54, 1.807) is 19.6 Å². The van der Waals surface area contributed by atoms with Gasteiger partial charge in [0.25, 0.3) is 0 Å². The zero-order valence-electron chi connectivity index (χ0n) is 9.53. The quantitative estimate of drug-likeness (QED) is 0.746. The molecule has 3 nitrogen and oxygen atoms in total. The molecule has 1 aromatic rings. The van der Waals surface area contributed by atoms with E-state index < -0.39 is 0 Å². The lowest BCUT2D eigenvalue weighted by atomic mass is 10.4. The molecule has 0 spiro atoms. The predicted molar refractivity (Wildman–Crippen MR) is 66.6 cm³/mol. The van der Waals surface area contributed by atoms with Crippen molar-refractivity contribution in [2.45, 2.75) is 13.8 Å². The average Bonchev–Trinajstić information content (AvgIpc) is 2.34. The van der Waals surface area contributed by atoms with Crippen molar-refractivity contribution in [3.63, 3.8) is 0 Å². The topological polar surface area (TPSA) is 34.2 Å². The fourth-order valence-electron chi connectivity index (χ4n) is 0.744. The molecule has 0 aromatic carbocycles. The number of rotatable bonds is 2. The molecule has 0 radical (unpaired) electrons. The Kier molecular flexibility index (Phi) is 13.5. The van der Waals surface area contributed by atoms with E-state index in [9.17, 15) is 0 Å². The van der Waals surface area contributed by atoms with Crippen molar-refractivity contribution < 1.29 is 4.74 Å². The Hall–Kier alpha value is -0.900. The summed E-state index contributed by atoms with van der Waals surface area (Å²) < 4.78 is 4.96. The summed E-state index contributed by atoms with van der Waals surface area (Å²) in [5.74, 6) is 0.630. The van der Waals surface area contributed by atoms with Crippen LogP contribution in [0.5, 0.6) is 5.88 Å². The number of aromatic nitrogens is 1. The van der Waals surface area contributed by atoms with E-state index >= 15 is 0 Å². The van der Waals surface area contributed by atoms with Gasteiger partial charge in [-0.2, -0.15) is 12.6 Å². The average molecular weight is 216 g/mol. The molecule has 0 unspecified atom stereocenters. The molecule has 14 heavy (non-hydrogen) atoms. The molecule has 1 aromatic heterocycles. The second kappa shape index (κ2) is 12.1. The first-order valence-electron chi connectivity index (χ1n) is 4.50. The maximum atomic E-state index is 4.96. The van der Waals surface area contributed by atoms with Crippen LogP contribution in [-0.4, -0.2) is 25.4 Å². The van der Waals surface area contributed by atoms with Crippen LogP contribution in [0.1, 0.15) is 13.8 Å². The van der Waals surface area contributed by atoms with Crippen LogP contribution < -0.4 is 10.1 Å². The third-order valence-electron chi connectivity index (χ3n) is 1.23. The van der Waals surface area contributed by atoms with E-state index in [4.69, 9.17) is 4.74 Å². The maximum absolute atomic E-state index is 4.96. The zero-order chi connectivity index (χ0) is 11.4. The monoisotopic (exact) mass is 216 g/mol. The second-order valence-electron chi connectivity index (χ2n) is 1.81. The van der Waals surface area contributed by atoms with Crippen LogP contribution in [0.4, 0.5) is 5.69 Å². The van der Waals surface area contributed by atoms with Crippen LogP contribution in [0.15, 0.2) is 18.3 Å². The largest absolute Gasteiger partial charge is 0.480 e. The number of ether oxygens (including phenoxy) is 1. The highest BCUT2D eigenvalue weighted by Crippen LogP contribution is 2.17. The van der Waals surface area contributed by atoms with Crippen molar-refractivity contribution in [3.05, 3.63) is 18.3 Å².